The molecule has 0 radical (unpaired) electrons. The van der Waals surface area contributed by atoms with Crippen molar-refractivity contribution in [2.45, 2.75) is 18.3 Å². The molecule has 0 aliphatic heterocycles. The van der Waals surface area contributed by atoms with Gasteiger partial charge in [-0.3, -0.25) is 10.2 Å². The lowest BCUT2D eigenvalue weighted by atomic mass is 9.73. The Bertz CT molecular complexity index is 876. The first-order chi connectivity index (χ1) is 11.6. The van der Waals surface area contributed by atoms with Crippen molar-refractivity contribution in [3.63, 3.8) is 0 Å². The van der Waals surface area contributed by atoms with Gasteiger partial charge in [0.05, 0.1) is 0 Å². The Balaban J connectivity index is 1.54. The van der Waals surface area contributed by atoms with E-state index in [9.17, 15) is 19.4 Å². The largest absolute Gasteiger partial charge is 0.493 e. The summed E-state index contributed by atoms with van der Waals surface area (Å²) in [4.78, 5) is 12.3. The molecule has 24 heavy (non-hydrogen) atoms. The fraction of sp³-hybridized carbons (Fsp3) is 0.278. The monoisotopic (exact) mass is 326 g/mol. The van der Waals surface area contributed by atoms with Gasteiger partial charge in [-0.25, -0.2) is 4.39 Å². The number of halogens is 1. The Labute approximate surface area is 137 Å². The van der Waals surface area contributed by atoms with Crippen molar-refractivity contribution in [1.29, 1.82) is 0 Å². The maximum Gasteiger partial charge on any atom is 0.270 e. The topological polar surface area (TPSA) is 74.5 Å². The second-order valence-corrected chi connectivity index (χ2v) is 6.76. The van der Waals surface area contributed by atoms with Gasteiger partial charge < -0.3 is 10.2 Å². The summed E-state index contributed by atoms with van der Waals surface area (Å²) in [6.45, 7) is 0. The zero-order valence-corrected chi connectivity index (χ0v) is 12.6. The van der Waals surface area contributed by atoms with Gasteiger partial charge in [-0.1, -0.05) is 18.2 Å². The van der Waals surface area contributed by atoms with Gasteiger partial charge in [0, 0.05) is 28.5 Å². The van der Waals surface area contributed by atoms with Crippen molar-refractivity contribution in [1.82, 2.24) is 4.68 Å². The minimum atomic E-state index is -0.599. The third-order valence-electron chi connectivity index (χ3n) is 5.50. The van der Waals surface area contributed by atoms with E-state index in [1.807, 2.05) is 0 Å². The van der Waals surface area contributed by atoms with Gasteiger partial charge in [0.1, 0.15) is 5.82 Å². The molecule has 5 nitrogen and oxygen atoms in total. The molecular formula is C18H15FN2O3. The number of allylic oxidation sites excluding steroid dienone is 2. The van der Waals surface area contributed by atoms with Crippen LogP contribution in [0.2, 0.25) is 0 Å². The second kappa shape index (κ2) is 4.41. The van der Waals surface area contributed by atoms with Gasteiger partial charge >= 0.3 is 0 Å². The van der Waals surface area contributed by atoms with E-state index in [-0.39, 0.29) is 29.2 Å². The first kappa shape index (κ1) is 13.7. The average molecular weight is 326 g/mol. The standard InChI is InChI=1S/C18H15FN2O3/c19-9-3-1-2-8(6-9)16(22)20-21-17(23)14-10-4-5-11(13-7-12(10)13)15(14)18(21)24/h1-6,10-13,23-24H,7H2,(H,20,22). The number of rotatable bonds is 2. The third-order valence-corrected chi connectivity index (χ3v) is 5.50. The summed E-state index contributed by atoms with van der Waals surface area (Å²) < 4.78 is 14.3. The highest BCUT2D eigenvalue weighted by Crippen LogP contribution is 2.67. The molecular weight excluding hydrogens is 311 g/mol. The van der Waals surface area contributed by atoms with Crippen LogP contribution < -0.4 is 5.43 Å². The van der Waals surface area contributed by atoms with E-state index in [4.69, 9.17) is 0 Å². The quantitative estimate of drug-likeness (QED) is 0.743. The number of amides is 1. The lowest BCUT2D eigenvalue weighted by molar-refractivity contribution is 0.100. The molecule has 6 heteroatoms. The number of benzene rings is 1. The Kier molecular flexibility index (Phi) is 2.51. The zero-order chi connectivity index (χ0) is 16.6. The van der Waals surface area contributed by atoms with E-state index in [0.717, 1.165) is 17.2 Å². The molecule has 4 unspecified atom stereocenters. The molecule has 1 heterocycles. The molecule has 6 rings (SSSR count). The molecule has 1 aromatic carbocycles. The van der Waals surface area contributed by atoms with E-state index < -0.39 is 11.7 Å². The summed E-state index contributed by atoms with van der Waals surface area (Å²) in [5, 5.41) is 21.1. The molecule has 1 saturated carbocycles. The fourth-order valence-electron chi connectivity index (χ4n) is 4.35. The van der Waals surface area contributed by atoms with Gasteiger partial charge in [0.15, 0.2) is 0 Å². The van der Waals surface area contributed by atoms with Gasteiger partial charge in [-0.05, 0) is 36.5 Å². The van der Waals surface area contributed by atoms with Gasteiger partial charge in [-0.2, -0.15) is 4.68 Å². The number of hydrogen-bond donors (Lipinski definition) is 3. The normalized spacial score (nSPS) is 28.4. The molecule has 4 atom stereocenters. The van der Waals surface area contributed by atoms with E-state index >= 15 is 0 Å². The molecule has 0 spiro atoms. The minimum Gasteiger partial charge on any atom is -0.493 e. The number of aromatic hydroxyl groups is 2. The first-order valence-corrected chi connectivity index (χ1v) is 7.98. The van der Waals surface area contributed by atoms with E-state index in [2.05, 4.69) is 17.6 Å². The molecule has 1 aromatic heterocycles. The van der Waals surface area contributed by atoms with Crippen LogP contribution in [-0.2, 0) is 0 Å². The number of nitrogens with one attached hydrogen (secondary N) is 1. The maximum atomic E-state index is 13.3. The fourth-order valence-corrected chi connectivity index (χ4v) is 4.35. The molecule has 4 aliphatic rings. The number of carbonyl (C=O) groups excluding carboxylic acids is 1. The number of aromatic nitrogens is 1. The smallest absolute Gasteiger partial charge is 0.270 e. The zero-order valence-electron chi connectivity index (χ0n) is 12.6. The predicted octanol–water partition coefficient (Wildman–Crippen LogP) is 2.81. The minimum absolute atomic E-state index is 0.0909. The number of nitrogens with zero attached hydrogens (tertiary/aromatic N) is 1. The van der Waals surface area contributed by atoms with Crippen molar-refractivity contribution >= 4 is 5.91 Å². The molecule has 4 aliphatic carbocycles. The van der Waals surface area contributed by atoms with Crippen molar-refractivity contribution in [2.24, 2.45) is 11.8 Å². The molecule has 122 valence electrons. The summed E-state index contributed by atoms with van der Waals surface area (Å²) in [5.74, 6) is -0.182. The van der Waals surface area contributed by atoms with E-state index in [0.29, 0.717) is 23.0 Å². The highest BCUT2D eigenvalue weighted by atomic mass is 19.1. The van der Waals surface area contributed by atoms with Crippen molar-refractivity contribution in [3.05, 3.63) is 58.9 Å². The summed E-state index contributed by atoms with van der Waals surface area (Å²) >= 11 is 0. The van der Waals surface area contributed by atoms with Crippen LogP contribution in [0.5, 0.6) is 11.8 Å². The SMILES string of the molecule is O=C(Nn1c(O)c2c(c1O)C1C=CC2C2CC12)c1cccc(F)c1. The van der Waals surface area contributed by atoms with Crippen molar-refractivity contribution in [2.75, 3.05) is 5.43 Å². The highest BCUT2D eigenvalue weighted by Gasteiger charge is 2.57. The summed E-state index contributed by atoms with van der Waals surface area (Å²) in [5.41, 5.74) is 3.99. The van der Waals surface area contributed by atoms with Crippen molar-refractivity contribution < 1.29 is 19.4 Å². The van der Waals surface area contributed by atoms with Crippen LogP contribution in [0.3, 0.4) is 0 Å². The second-order valence-electron chi connectivity index (χ2n) is 6.76. The van der Waals surface area contributed by atoms with Crippen molar-refractivity contribution in [3.8, 4) is 11.8 Å². The van der Waals surface area contributed by atoms with Crippen LogP contribution >= 0.6 is 0 Å². The number of hydrogen-bond acceptors (Lipinski definition) is 3. The Morgan fingerprint density at radius 2 is 1.75 bits per heavy atom. The highest BCUT2D eigenvalue weighted by molar-refractivity contribution is 6.00. The molecule has 3 N–H and O–H groups in total. The van der Waals surface area contributed by atoms with Gasteiger partial charge in [0.2, 0.25) is 11.8 Å². The lowest BCUT2D eigenvalue weighted by Crippen LogP contribution is -2.22. The van der Waals surface area contributed by atoms with Gasteiger partial charge in [0.25, 0.3) is 5.91 Å². The molecule has 0 saturated heterocycles. The third kappa shape index (κ3) is 1.65. The Morgan fingerprint density at radius 3 is 2.33 bits per heavy atom. The van der Waals surface area contributed by atoms with Crippen LogP contribution in [0.15, 0.2) is 36.4 Å². The average Bonchev–Trinajstić information content (AvgIpc) is 3.36. The van der Waals surface area contributed by atoms with Gasteiger partial charge in [-0.15, -0.1) is 0 Å². The molecule has 2 aromatic rings. The van der Waals surface area contributed by atoms with Crippen LogP contribution in [0.1, 0.15) is 39.7 Å². The van der Waals surface area contributed by atoms with E-state index in [1.165, 1.54) is 18.2 Å². The summed E-state index contributed by atoms with van der Waals surface area (Å²) in [6.07, 6.45) is 5.27. The van der Waals surface area contributed by atoms with Crippen LogP contribution in [0.25, 0.3) is 0 Å². The van der Waals surface area contributed by atoms with Crippen LogP contribution in [-0.4, -0.2) is 20.8 Å². The summed E-state index contributed by atoms with van der Waals surface area (Å²) in [7, 11) is 0. The lowest BCUT2D eigenvalue weighted by Gasteiger charge is -2.29. The maximum absolute atomic E-state index is 13.3. The van der Waals surface area contributed by atoms with Crippen LogP contribution in [0, 0.1) is 17.7 Å². The predicted molar refractivity (Wildman–Crippen MR) is 84.1 cm³/mol. The van der Waals surface area contributed by atoms with Crippen LogP contribution in [0.4, 0.5) is 4.39 Å². The summed E-state index contributed by atoms with van der Waals surface area (Å²) in [6, 6.07) is 5.25. The Morgan fingerprint density at radius 1 is 1.12 bits per heavy atom. The Hall–Kier alpha value is -2.76. The van der Waals surface area contributed by atoms with E-state index in [1.54, 1.807) is 0 Å². The first-order valence-electron chi connectivity index (χ1n) is 7.98. The number of carbonyl (C=O) groups is 1. The molecule has 1 amide bonds. The molecule has 1 fully saturated rings. The molecule has 2 bridgehead atoms.